The standard InChI is InChI=1S/C26H28N2O3/c1-2-3-18-27-26(30)23-11-7-8-12-24(23)28-25(29)21-13-15-22(16-14-21)31-19-17-20-9-5-4-6-10-20/h4-16H,2-3,17-19H2,1H3,(H,27,30)(H,28,29). The van der Waals surface area contributed by atoms with Crippen molar-refractivity contribution in [2.75, 3.05) is 18.5 Å². The van der Waals surface area contributed by atoms with Gasteiger partial charge in [0, 0.05) is 18.5 Å². The first-order valence-corrected chi connectivity index (χ1v) is 10.6. The molecule has 5 nitrogen and oxygen atoms in total. The van der Waals surface area contributed by atoms with Crippen LogP contribution in [0.1, 0.15) is 46.0 Å². The second kappa shape index (κ2) is 11.6. The summed E-state index contributed by atoms with van der Waals surface area (Å²) in [6, 6.07) is 24.2. The molecule has 0 radical (unpaired) electrons. The first kappa shape index (κ1) is 22.1. The molecule has 0 unspecified atom stereocenters. The molecule has 0 heterocycles. The Bertz CT molecular complexity index is 985. The van der Waals surface area contributed by atoms with Gasteiger partial charge in [0.2, 0.25) is 0 Å². The summed E-state index contributed by atoms with van der Waals surface area (Å²) >= 11 is 0. The van der Waals surface area contributed by atoms with Crippen molar-refractivity contribution < 1.29 is 14.3 Å². The second-order valence-electron chi connectivity index (χ2n) is 7.22. The van der Waals surface area contributed by atoms with Gasteiger partial charge in [0.15, 0.2) is 0 Å². The highest BCUT2D eigenvalue weighted by atomic mass is 16.5. The normalized spacial score (nSPS) is 10.4. The van der Waals surface area contributed by atoms with Crippen LogP contribution in [0.2, 0.25) is 0 Å². The van der Waals surface area contributed by atoms with Crippen molar-refractivity contribution in [2.45, 2.75) is 26.2 Å². The zero-order valence-corrected chi connectivity index (χ0v) is 17.8. The summed E-state index contributed by atoms with van der Waals surface area (Å²) in [5.41, 5.74) is 2.66. The van der Waals surface area contributed by atoms with Crippen LogP contribution in [0.25, 0.3) is 0 Å². The number of unbranched alkanes of at least 4 members (excludes halogenated alkanes) is 1. The second-order valence-corrected chi connectivity index (χ2v) is 7.22. The van der Waals surface area contributed by atoms with Gasteiger partial charge in [-0.3, -0.25) is 9.59 Å². The van der Waals surface area contributed by atoms with Crippen molar-refractivity contribution in [1.82, 2.24) is 5.32 Å². The summed E-state index contributed by atoms with van der Waals surface area (Å²) < 4.78 is 5.78. The van der Waals surface area contributed by atoms with Crippen LogP contribution in [0.15, 0.2) is 78.9 Å². The van der Waals surface area contributed by atoms with Gasteiger partial charge in [0.1, 0.15) is 5.75 Å². The van der Waals surface area contributed by atoms with E-state index in [0.29, 0.717) is 35.7 Å². The highest BCUT2D eigenvalue weighted by molar-refractivity contribution is 6.09. The molecule has 0 saturated heterocycles. The Hall–Kier alpha value is -3.60. The number of amides is 2. The monoisotopic (exact) mass is 416 g/mol. The molecule has 2 N–H and O–H groups in total. The van der Waals surface area contributed by atoms with E-state index in [1.54, 1.807) is 48.5 Å². The van der Waals surface area contributed by atoms with Crippen LogP contribution in [0.4, 0.5) is 5.69 Å². The third-order valence-electron chi connectivity index (χ3n) is 4.85. The number of benzene rings is 3. The number of para-hydroxylation sites is 1. The van der Waals surface area contributed by atoms with E-state index in [4.69, 9.17) is 4.74 Å². The van der Waals surface area contributed by atoms with Gasteiger partial charge in [-0.15, -0.1) is 0 Å². The molecule has 0 fully saturated rings. The molecule has 2 amide bonds. The molecule has 3 rings (SSSR count). The average Bonchev–Trinajstić information content (AvgIpc) is 2.80. The van der Waals surface area contributed by atoms with Crippen molar-refractivity contribution in [3.05, 3.63) is 95.6 Å². The van der Waals surface area contributed by atoms with E-state index in [-0.39, 0.29) is 11.8 Å². The van der Waals surface area contributed by atoms with Crippen LogP contribution in [0.3, 0.4) is 0 Å². The average molecular weight is 417 g/mol. The third-order valence-corrected chi connectivity index (χ3v) is 4.85. The number of hydrogen-bond donors (Lipinski definition) is 2. The van der Waals surface area contributed by atoms with Gasteiger partial charge in [-0.1, -0.05) is 55.8 Å². The van der Waals surface area contributed by atoms with Gasteiger partial charge in [0.05, 0.1) is 17.9 Å². The first-order valence-electron chi connectivity index (χ1n) is 10.6. The molecule has 0 bridgehead atoms. The summed E-state index contributed by atoms with van der Waals surface area (Å²) in [7, 11) is 0. The molecule has 0 spiro atoms. The maximum absolute atomic E-state index is 12.7. The van der Waals surface area contributed by atoms with Gasteiger partial charge in [-0.2, -0.15) is 0 Å². The maximum Gasteiger partial charge on any atom is 0.255 e. The fourth-order valence-electron chi connectivity index (χ4n) is 3.09. The zero-order valence-electron chi connectivity index (χ0n) is 17.8. The number of rotatable bonds is 10. The molecule has 0 atom stereocenters. The van der Waals surface area contributed by atoms with Crippen molar-refractivity contribution >= 4 is 17.5 Å². The Morgan fingerprint density at radius 3 is 2.29 bits per heavy atom. The van der Waals surface area contributed by atoms with Crippen LogP contribution in [0, 0.1) is 0 Å². The van der Waals surface area contributed by atoms with Crippen LogP contribution in [-0.2, 0) is 6.42 Å². The van der Waals surface area contributed by atoms with Crippen molar-refractivity contribution in [3.63, 3.8) is 0 Å². The zero-order chi connectivity index (χ0) is 21.9. The fraction of sp³-hybridized carbons (Fsp3) is 0.231. The highest BCUT2D eigenvalue weighted by Crippen LogP contribution is 2.18. The number of ether oxygens (including phenoxy) is 1. The maximum atomic E-state index is 12.7. The summed E-state index contributed by atoms with van der Waals surface area (Å²) in [5, 5.41) is 5.73. The van der Waals surface area contributed by atoms with E-state index in [9.17, 15) is 9.59 Å². The first-order chi connectivity index (χ1) is 15.2. The summed E-state index contributed by atoms with van der Waals surface area (Å²) in [6.45, 7) is 3.25. The molecule has 3 aromatic rings. The highest BCUT2D eigenvalue weighted by Gasteiger charge is 2.14. The minimum atomic E-state index is -0.273. The summed E-state index contributed by atoms with van der Waals surface area (Å²) in [4.78, 5) is 25.1. The molecule has 31 heavy (non-hydrogen) atoms. The van der Waals surface area contributed by atoms with E-state index in [2.05, 4.69) is 29.7 Å². The Balaban J connectivity index is 1.56. The third kappa shape index (κ3) is 6.71. The predicted octanol–water partition coefficient (Wildman–Crippen LogP) is 5.09. The molecular formula is C26H28N2O3. The van der Waals surface area contributed by atoms with Gasteiger partial charge in [-0.25, -0.2) is 0 Å². The molecule has 0 aromatic heterocycles. The smallest absolute Gasteiger partial charge is 0.255 e. The molecule has 0 aliphatic rings. The quantitative estimate of drug-likeness (QED) is 0.452. The topological polar surface area (TPSA) is 67.4 Å². The number of carbonyl (C=O) groups excluding carboxylic acids is 2. The fourth-order valence-corrected chi connectivity index (χ4v) is 3.09. The Morgan fingerprint density at radius 2 is 1.55 bits per heavy atom. The number of nitrogens with one attached hydrogen (secondary N) is 2. The van der Waals surface area contributed by atoms with Crippen LogP contribution in [0.5, 0.6) is 5.75 Å². The predicted molar refractivity (Wildman–Crippen MR) is 124 cm³/mol. The minimum absolute atomic E-state index is 0.188. The molecule has 0 saturated carbocycles. The van der Waals surface area contributed by atoms with Crippen molar-refractivity contribution in [2.24, 2.45) is 0 Å². The van der Waals surface area contributed by atoms with Gasteiger partial charge < -0.3 is 15.4 Å². The lowest BCUT2D eigenvalue weighted by molar-refractivity contribution is 0.0954. The molecule has 0 aliphatic carbocycles. The van der Waals surface area contributed by atoms with E-state index in [0.717, 1.165) is 19.3 Å². The lowest BCUT2D eigenvalue weighted by Crippen LogP contribution is -2.26. The van der Waals surface area contributed by atoms with Gasteiger partial charge >= 0.3 is 0 Å². The van der Waals surface area contributed by atoms with E-state index < -0.39 is 0 Å². The Kier molecular flexibility index (Phi) is 8.23. The van der Waals surface area contributed by atoms with E-state index in [1.807, 2.05) is 18.2 Å². The minimum Gasteiger partial charge on any atom is -0.493 e. The van der Waals surface area contributed by atoms with E-state index in [1.165, 1.54) is 5.56 Å². The molecule has 3 aromatic carbocycles. The number of anilines is 1. The largest absolute Gasteiger partial charge is 0.493 e. The van der Waals surface area contributed by atoms with Crippen LogP contribution in [-0.4, -0.2) is 25.0 Å². The summed E-state index contributed by atoms with van der Waals surface area (Å²) in [5.74, 6) is 0.249. The van der Waals surface area contributed by atoms with Crippen LogP contribution < -0.4 is 15.4 Å². The number of hydrogen-bond acceptors (Lipinski definition) is 3. The van der Waals surface area contributed by atoms with Gasteiger partial charge in [-0.05, 0) is 48.4 Å². The Morgan fingerprint density at radius 1 is 0.839 bits per heavy atom. The lowest BCUT2D eigenvalue weighted by Gasteiger charge is -2.12. The molecule has 5 heteroatoms. The van der Waals surface area contributed by atoms with Crippen molar-refractivity contribution in [1.29, 1.82) is 0 Å². The Labute approximate surface area is 183 Å². The lowest BCUT2D eigenvalue weighted by atomic mass is 10.1. The van der Waals surface area contributed by atoms with Gasteiger partial charge in [0.25, 0.3) is 11.8 Å². The molecular weight excluding hydrogens is 388 g/mol. The SMILES string of the molecule is CCCCNC(=O)c1ccccc1NC(=O)c1ccc(OCCc2ccccc2)cc1. The number of carbonyl (C=O) groups is 2. The summed E-state index contributed by atoms with van der Waals surface area (Å²) in [6.07, 6.45) is 2.74. The van der Waals surface area contributed by atoms with Crippen molar-refractivity contribution in [3.8, 4) is 5.75 Å². The van der Waals surface area contributed by atoms with E-state index >= 15 is 0 Å². The molecule has 160 valence electrons. The van der Waals surface area contributed by atoms with Crippen LogP contribution >= 0.6 is 0 Å². The molecule has 0 aliphatic heterocycles.